The summed E-state index contributed by atoms with van der Waals surface area (Å²) < 4.78 is 27.7. The van der Waals surface area contributed by atoms with Crippen LogP contribution >= 0.6 is 0 Å². The lowest BCUT2D eigenvalue weighted by atomic mass is 9.50. The van der Waals surface area contributed by atoms with Crippen LogP contribution in [0.25, 0.3) is 0 Å². The van der Waals surface area contributed by atoms with Crippen LogP contribution in [0, 0.1) is 80.8 Å². The molecule has 12 fully saturated rings. The average molecular weight is 981 g/mol. The molecule has 1 aliphatic heterocycles. The van der Waals surface area contributed by atoms with Crippen molar-refractivity contribution in [2.24, 2.45) is 80.8 Å². The van der Waals surface area contributed by atoms with Crippen molar-refractivity contribution in [2.75, 3.05) is 6.61 Å². The maximum atomic E-state index is 12.5. The number of ether oxygens (including phenoxy) is 5. The minimum Gasteiger partial charge on any atom is -0.463 e. The average Bonchev–Trinajstić information content (AvgIpc) is 4.10. The number of cyclic esters (lactones) is 1. The molecule has 398 valence electrons. The van der Waals surface area contributed by atoms with Crippen LogP contribution in [0.3, 0.4) is 0 Å². The molecule has 0 aromatic rings. The third-order valence-electron chi connectivity index (χ3n) is 20.9. The van der Waals surface area contributed by atoms with Gasteiger partial charge in [-0.3, -0.25) is 19.2 Å². The smallest absolute Gasteiger partial charge is 0.347 e. The first-order valence-electron chi connectivity index (χ1n) is 28.4. The Balaban J connectivity index is 0.000000139. The molecular weight excluding hydrogens is 885 g/mol. The van der Waals surface area contributed by atoms with Crippen LogP contribution in [-0.2, 0) is 47.7 Å². The normalized spacial score (nSPS) is 39.3. The van der Waals surface area contributed by atoms with Gasteiger partial charge in [-0.25, -0.2) is 4.79 Å². The summed E-state index contributed by atoms with van der Waals surface area (Å²) in [6, 6.07) is 0. The van der Waals surface area contributed by atoms with Gasteiger partial charge in [0.05, 0.1) is 33.9 Å². The van der Waals surface area contributed by atoms with Gasteiger partial charge in [0.2, 0.25) is 6.10 Å². The largest absolute Gasteiger partial charge is 0.463 e. The molecule has 11 nitrogen and oxygen atoms in total. The molecule has 1 heterocycles. The van der Waals surface area contributed by atoms with Crippen LogP contribution in [-0.4, -0.2) is 70.6 Å². The second kappa shape index (κ2) is 20.6. The van der Waals surface area contributed by atoms with Crippen LogP contribution in [0.2, 0.25) is 0 Å². The number of hydrogen-bond donors (Lipinski definition) is 1. The Hall–Kier alpha value is -2.69. The van der Waals surface area contributed by atoms with Gasteiger partial charge in [0, 0.05) is 12.8 Å². The van der Waals surface area contributed by atoms with Gasteiger partial charge in [-0.1, -0.05) is 34.1 Å². The molecule has 10 bridgehead atoms. The van der Waals surface area contributed by atoms with Crippen molar-refractivity contribution in [3.05, 3.63) is 0 Å². The summed E-state index contributed by atoms with van der Waals surface area (Å²) in [4.78, 5) is 59.6. The van der Waals surface area contributed by atoms with Crippen molar-refractivity contribution in [3.8, 4) is 0 Å². The molecule has 12 rings (SSSR count). The highest BCUT2D eigenvalue weighted by Crippen LogP contribution is 2.62. The first kappa shape index (κ1) is 55.1. The van der Waals surface area contributed by atoms with E-state index in [1.165, 1.54) is 64.2 Å². The van der Waals surface area contributed by atoms with Crippen LogP contribution in [0.5, 0.6) is 0 Å². The van der Waals surface area contributed by atoms with E-state index in [1.807, 2.05) is 55.4 Å². The molecule has 8 unspecified atom stereocenters. The van der Waals surface area contributed by atoms with E-state index in [1.54, 1.807) is 13.8 Å². The monoisotopic (exact) mass is 981 g/mol. The van der Waals surface area contributed by atoms with Crippen molar-refractivity contribution in [3.63, 3.8) is 0 Å². The zero-order valence-electron chi connectivity index (χ0n) is 46.0. The number of rotatable bonds is 12. The zero-order valence-corrected chi connectivity index (χ0v) is 46.0. The molecule has 11 saturated carbocycles. The first-order valence-corrected chi connectivity index (χ1v) is 28.4. The third kappa shape index (κ3) is 11.5. The number of carbonyl (C=O) groups is 5. The maximum Gasteiger partial charge on any atom is 0.347 e. The van der Waals surface area contributed by atoms with Crippen LogP contribution in [0.1, 0.15) is 225 Å². The van der Waals surface area contributed by atoms with E-state index >= 15 is 0 Å². The van der Waals surface area contributed by atoms with Gasteiger partial charge in [-0.15, -0.1) is 0 Å². The van der Waals surface area contributed by atoms with Crippen molar-refractivity contribution in [2.45, 2.75) is 254 Å². The fourth-order valence-corrected chi connectivity index (χ4v) is 15.1. The quantitative estimate of drug-likeness (QED) is 0.147. The summed E-state index contributed by atoms with van der Waals surface area (Å²) in [5, 5.41) is 10.6. The Morgan fingerprint density at radius 3 is 1.53 bits per heavy atom. The van der Waals surface area contributed by atoms with Crippen molar-refractivity contribution < 1.29 is 52.8 Å². The van der Waals surface area contributed by atoms with Crippen molar-refractivity contribution in [1.29, 1.82) is 0 Å². The van der Waals surface area contributed by atoms with Gasteiger partial charge in [-0.2, -0.15) is 0 Å². The molecule has 0 aromatic heterocycles. The lowest BCUT2D eigenvalue weighted by Crippen LogP contribution is -2.61. The number of hydrogen-bond acceptors (Lipinski definition) is 11. The standard InChI is InChI=1S/C17H28O2.C16H26O3.C16H26O2.C10H16O4/c1-5-16(2,3)15(18)19-17(4)13-7-11-6-12(9-13)10-14(17)8-11;1-4-14(2,3)13(17)19-16-8-11-5-12(9-16)7-15(18,6-11)10-16;1-4-16(2,3)15(17)18-14-9-10-8-13(14)12-7-5-6-11(10)12;1-4-10(2,3)9(12)14-7-5-6-13-8(7)11/h11-14H,5-10H2,1-4H3;11-12,18H,4-10H2,1-3H3;10-14H,4-9H2,1-3H3;7H,4-6H2,1-3H3. The third-order valence-corrected chi connectivity index (χ3v) is 20.9. The molecule has 0 radical (unpaired) electrons. The van der Waals surface area contributed by atoms with Crippen LogP contribution in [0.15, 0.2) is 0 Å². The molecule has 0 aromatic carbocycles. The summed E-state index contributed by atoms with van der Waals surface area (Å²) in [5.41, 5.74) is -2.66. The summed E-state index contributed by atoms with van der Waals surface area (Å²) in [6.07, 6.45) is 22.2. The van der Waals surface area contributed by atoms with E-state index in [0.717, 1.165) is 81.0 Å². The van der Waals surface area contributed by atoms with Gasteiger partial charge in [-0.05, 0) is 237 Å². The second-order valence-corrected chi connectivity index (χ2v) is 27.5. The van der Waals surface area contributed by atoms with Gasteiger partial charge in [0.1, 0.15) is 17.3 Å². The Labute approximate surface area is 422 Å². The highest BCUT2D eigenvalue weighted by molar-refractivity contribution is 5.83. The second-order valence-electron chi connectivity index (χ2n) is 27.5. The zero-order chi connectivity index (χ0) is 51.4. The molecular formula is C59H96O11. The Bertz CT molecular complexity index is 1870. The highest BCUT2D eigenvalue weighted by atomic mass is 16.6. The number of esters is 5. The number of fused-ring (bicyclic) bond motifs is 5. The summed E-state index contributed by atoms with van der Waals surface area (Å²) in [7, 11) is 0. The molecule has 1 saturated heterocycles. The molecule has 11 heteroatoms. The maximum absolute atomic E-state index is 12.5. The molecule has 0 spiro atoms. The van der Waals surface area contributed by atoms with Gasteiger partial charge in [0.15, 0.2) is 0 Å². The van der Waals surface area contributed by atoms with E-state index in [-0.39, 0.29) is 52.0 Å². The molecule has 8 atom stereocenters. The summed E-state index contributed by atoms with van der Waals surface area (Å²) in [5.74, 6) is 6.84. The van der Waals surface area contributed by atoms with E-state index in [4.69, 9.17) is 23.7 Å². The predicted molar refractivity (Wildman–Crippen MR) is 269 cm³/mol. The summed E-state index contributed by atoms with van der Waals surface area (Å²) in [6.45, 7) is 26.2. The Morgan fingerprint density at radius 1 is 0.571 bits per heavy atom. The lowest BCUT2D eigenvalue weighted by molar-refractivity contribution is -0.225. The number of carbonyl (C=O) groups excluding carboxylic acids is 5. The number of aliphatic hydroxyl groups is 1. The summed E-state index contributed by atoms with van der Waals surface area (Å²) >= 11 is 0. The highest BCUT2D eigenvalue weighted by Gasteiger charge is 2.61. The van der Waals surface area contributed by atoms with E-state index in [0.29, 0.717) is 55.5 Å². The first-order chi connectivity index (χ1) is 32.6. The van der Waals surface area contributed by atoms with E-state index < -0.39 is 28.5 Å². The van der Waals surface area contributed by atoms with Gasteiger partial charge in [0.25, 0.3) is 0 Å². The van der Waals surface area contributed by atoms with E-state index in [2.05, 4.69) is 20.8 Å². The van der Waals surface area contributed by atoms with Gasteiger partial charge < -0.3 is 28.8 Å². The molecule has 1 N–H and O–H groups in total. The Kier molecular flexibility index (Phi) is 16.2. The van der Waals surface area contributed by atoms with Crippen LogP contribution < -0.4 is 0 Å². The molecule has 11 aliphatic carbocycles. The molecule has 12 aliphatic rings. The lowest BCUT2D eigenvalue weighted by Gasteiger charge is -2.59. The predicted octanol–water partition coefficient (Wildman–Crippen LogP) is 12.3. The van der Waals surface area contributed by atoms with E-state index in [9.17, 15) is 29.1 Å². The fraction of sp³-hybridized carbons (Fsp3) is 0.915. The SMILES string of the molecule is CCC(C)(C)C(=O)OC1(C)C2CC3CC(C2)CC1C3.CCC(C)(C)C(=O)OC12CC3CC(CC(O)(C3)C1)C2.CCC(C)(C)C(=O)OC1CC2CC1C1CCCC21.CCC(C)(C)C(=O)OC1CCOC1=O. The topological polar surface area (TPSA) is 152 Å². The minimum absolute atomic E-state index is 0.0185. The van der Waals surface area contributed by atoms with Crippen molar-refractivity contribution in [1.82, 2.24) is 0 Å². The van der Waals surface area contributed by atoms with Crippen LogP contribution in [0.4, 0.5) is 0 Å². The van der Waals surface area contributed by atoms with Gasteiger partial charge >= 0.3 is 29.8 Å². The fourth-order valence-electron chi connectivity index (χ4n) is 15.1. The molecule has 0 amide bonds. The van der Waals surface area contributed by atoms with Crippen molar-refractivity contribution >= 4 is 29.8 Å². The molecule has 70 heavy (non-hydrogen) atoms. The Morgan fingerprint density at radius 2 is 1.04 bits per heavy atom. The minimum atomic E-state index is -0.687.